The zero-order chi connectivity index (χ0) is 12.0. The molecule has 17 heavy (non-hydrogen) atoms. The summed E-state index contributed by atoms with van der Waals surface area (Å²) >= 11 is 0. The molecule has 2 aromatic rings. The van der Waals surface area contributed by atoms with Crippen LogP contribution in [-0.2, 0) is 9.59 Å². The molecule has 1 aliphatic heterocycles. The summed E-state index contributed by atoms with van der Waals surface area (Å²) in [7, 11) is 0. The van der Waals surface area contributed by atoms with Crippen molar-refractivity contribution < 1.29 is 9.59 Å². The lowest BCUT2D eigenvalue weighted by Gasteiger charge is -2.07. The van der Waals surface area contributed by atoms with Crippen molar-refractivity contribution >= 4 is 28.4 Å². The van der Waals surface area contributed by atoms with Gasteiger partial charge in [0, 0.05) is 17.1 Å². The maximum atomic E-state index is 11.7. The standard InChI is InChI=1S/C12H9N3O2/c13-10-9(11(16)15-12(10)17)7-2-1-3-8-6(7)4-5-14-8/h1-5,9,13-14H,(H,15,16,17). The minimum absolute atomic E-state index is 0.191. The summed E-state index contributed by atoms with van der Waals surface area (Å²) in [6.07, 6.45) is 1.77. The molecule has 2 heterocycles. The molecule has 0 radical (unpaired) electrons. The molecule has 0 bridgehead atoms. The molecule has 2 amide bonds. The van der Waals surface area contributed by atoms with Crippen LogP contribution in [0.2, 0.25) is 0 Å². The lowest BCUT2D eigenvalue weighted by molar-refractivity contribution is -0.124. The highest BCUT2D eigenvalue weighted by molar-refractivity contribution is 6.51. The van der Waals surface area contributed by atoms with Gasteiger partial charge in [-0.3, -0.25) is 20.3 Å². The Morgan fingerprint density at radius 3 is 2.71 bits per heavy atom. The number of aromatic nitrogens is 1. The Morgan fingerprint density at radius 1 is 1.18 bits per heavy atom. The SMILES string of the molecule is N=C1C(=O)NC(=O)C1c1cccc2[nH]ccc12. The fourth-order valence-corrected chi connectivity index (χ4v) is 2.17. The molecular formula is C12H9N3O2. The van der Waals surface area contributed by atoms with Crippen molar-refractivity contribution in [1.82, 2.24) is 10.3 Å². The van der Waals surface area contributed by atoms with Crippen LogP contribution in [0.4, 0.5) is 0 Å². The maximum absolute atomic E-state index is 11.7. The quantitative estimate of drug-likeness (QED) is 0.633. The van der Waals surface area contributed by atoms with Crippen LogP contribution in [0.15, 0.2) is 30.5 Å². The Kier molecular flexibility index (Phi) is 1.89. The number of hydrogen-bond acceptors (Lipinski definition) is 3. The van der Waals surface area contributed by atoms with E-state index in [1.54, 1.807) is 18.3 Å². The van der Waals surface area contributed by atoms with E-state index in [1.165, 1.54) is 0 Å². The first-order valence-corrected chi connectivity index (χ1v) is 5.18. The second-order valence-electron chi connectivity index (χ2n) is 3.95. The Morgan fingerprint density at radius 2 is 2.00 bits per heavy atom. The number of imide groups is 1. The lowest BCUT2D eigenvalue weighted by atomic mass is 9.93. The van der Waals surface area contributed by atoms with E-state index in [4.69, 9.17) is 5.41 Å². The number of hydrogen-bond donors (Lipinski definition) is 3. The summed E-state index contributed by atoms with van der Waals surface area (Å²) in [6, 6.07) is 7.30. The first-order chi connectivity index (χ1) is 8.18. The van der Waals surface area contributed by atoms with Crippen molar-refractivity contribution in [3.8, 4) is 0 Å². The number of carbonyl (C=O) groups is 2. The van der Waals surface area contributed by atoms with Crippen LogP contribution in [0, 0.1) is 5.41 Å². The summed E-state index contributed by atoms with van der Waals surface area (Å²) in [5.41, 5.74) is 1.39. The fraction of sp³-hybridized carbons (Fsp3) is 0.0833. The number of rotatable bonds is 1. The molecule has 0 spiro atoms. The summed E-state index contributed by atoms with van der Waals surface area (Å²) in [5.74, 6) is -1.82. The number of H-pyrrole nitrogens is 1. The zero-order valence-corrected chi connectivity index (χ0v) is 8.78. The van der Waals surface area contributed by atoms with E-state index >= 15 is 0 Å². The normalized spacial score (nSPS) is 20.0. The van der Waals surface area contributed by atoms with Crippen LogP contribution in [0.5, 0.6) is 0 Å². The second-order valence-corrected chi connectivity index (χ2v) is 3.95. The summed E-state index contributed by atoms with van der Waals surface area (Å²) in [4.78, 5) is 26.0. The molecule has 1 saturated heterocycles. The minimum Gasteiger partial charge on any atom is -0.361 e. The number of aromatic amines is 1. The highest BCUT2D eigenvalue weighted by Gasteiger charge is 2.38. The van der Waals surface area contributed by atoms with Gasteiger partial charge in [0.1, 0.15) is 11.6 Å². The molecule has 84 valence electrons. The van der Waals surface area contributed by atoms with E-state index in [2.05, 4.69) is 10.3 Å². The molecule has 3 N–H and O–H groups in total. The van der Waals surface area contributed by atoms with Crippen molar-refractivity contribution in [2.24, 2.45) is 0 Å². The van der Waals surface area contributed by atoms with E-state index in [1.807, 2.05) is 12.1 Å². The first kappa shape index (κ1) is 9.77. The number of benzene rings is 1. The molecule has 3 rings (SSSR count). The third kappa shape index (κ3) is 1.29. The van der Waals surface area contributed by atoms with Crippen molar-refractivity contribution in [3.05, 3.63) is 36.0 Å². The number of nitrogens with one attached hydrogen (secondary N) is 3. The highest BCUT2D eigenvalue weighted by atomic mass is 16.2. The van der Waals surface area contributed by atoms with Crippen LogP contribution < -0.4 is 5.32 Å². The van der Waals surface area contributed by atoms with Gasteiger partial charge >= 0.3 is 0 Å². The van der Waals surface area contributed by atoms with Crippen molar-refractivity contribution in [2.45, 2.75) is 5.92 Å². The maximum Gasteiger partial charge on any atom is 0.272 e. The monoisotopic (exact) mass is 227 g/mol. The largest absolute Gasteiger partial charge is 0.361 e. The summed E-state index contributed by atoms with van der Waals surface area (Å²) < 4.78 is 0. The van der Waals surface area contributed by atoms with Gasteiger partial charge in [-0.2, -0.15) is 0 Å². The molecule has 0 aliphatic carbocycles. The van der Waals surface area contributed by atoms with E-state index < -0.39 is 17.7 Å². The van der Waals surface area contributed by atoms with Gasteiger partial charge in [-0.25, -0.2) is 0 Å². The van der Waals surface area contributed by atoms with Crippen molar-refractivity contribution in [1.29, 1.82) is 5.41 Å². The van der Waals surface area contributed by atoms with Gasteiger partial charge in [0.15, 0.2) is 0 Å². The summed E-state index contributed by atoms with van der Waals surface area (Å²) in [6.45, 7) is 0. The van der Waals surface area contributed by atoms with E-state index in [0.717, 1.165) is 10.9 Å². The predicted octanol–water partition coefficient (Wildman–Crippen LogP) is 0.928. The van der Waals surface area contributed by atoms with Gasteiger partial charge < -0.3 is 4.98 Å². The van der Waals surface area contributed by atoms with E-state index in [9.17, 15) is 9.59 Å². The third-order valence-electron chi connectivity index (χ3n) is 2.97. The number of amides is 2. The molecule has 1 fully saturated rings. The number of carbonyl (C=O) groups excluding carboxylic acids is 2. The van der Waals surface area contributed by atoms with E-state index in [0.29, 0.717) is 5.56 Å². The third-order valence-corrected chi connectivity index (χ3v) is 2.97. The first-order valence-electron chi connectivity index (χ1n) is 5.18. The average molecular weight is 227 g/mol. The lowest BCUT2D eigenvalue weighted by Crippen LogP contribution is -2.21. The van der Waals surface area contributed by atoms with Gasteiger partial charge in [0.25, 0.3) is 5.91 Å². The summed E-state index contributed by atoms with van der Waals surface area (Å²) in [5, 5.41) is 10.7. The molecule has 1 unspecified atom stereocenters. The minimum atomic E-state index is -0.790. The Balaban J connectivity index is 2.22. The van der Waals surface area contributed by atoms with Gasteiger partial charge in [-0.15, -0.1) is 0 Å². The van der Waals surface area contributed by atoms with Gasteiger partial charge in [-0.1, -0.05) is 12.1 Å². The number of fused-ring (bicyclic) bond motifs is 1. The van der Waals surface area contributed by atoms with Crippen molar-refractivity contribution in [2.75, 3.05) is 0 Å². The molecule has 1 aromatic carbocycles. The van der Waals surface area contributed by atoms with Crippen LogP contribution in [0.25, 0.3) is 10.9 Å². The Labute approximate surface area is 96.3 Å². The van der Waals surface area contributed by atoms with Gasteiger partial charge in [0.05, 0.1) is 0 Å². The Bertz CT molecular complexity index is 657. The van der Waals surface area contributed by atoms with Crippen LogP contribution >= 0.6 is 0 Å². The topological polar surface area (TPSA) is 85.8 Å². The van der Waals surface area contributed by atoms with Crippen LogP contribution in [-0.4, -0.2) is 22.5 Å². The molecular weight excluding hydrogens is 218 g/mol. The fourth-order valence-electron chi connectivity index (χ4n) is 2.17. The zero-order valence-electron chi connectivity index (χ0n) is 8.78. The Hall–Kier alpha value is -2.43. The van der Waals surface area contributed by atoms with Crippen LogP contribution in [0.1, 0.15) is 11.5 Å². The molecule has 1 aliphatic rings. The molecule has 1 aromatic heterocycles. The second kappa shape index (κ2) is 3.28. The van der Waals surface area contributed by atoms with Crippen molar-refractivity contribution in [3.63, 3.8) is 0 Å². The highest BCUT2D eigenvalue weighted by Crippen LogP contribution is 2.28. The molecule has 5 heteroatoms. The predicted molar refractivity (Wildman–Crippen MR) is 61.9 cm³/mol. The van der Waals surface area contributed by atoms with Crippen LogP contribution in [0.3, 0.4) is 0 Å². The average Bonchev–Trinajstić information content (AvgIpc) is 2.85. The van der Waals surface area contributed by atoms with Gasteiger partial charge in [-0.05, 0) is 17.7 Å². The molecule has 5 nitrogen and oxygen atoms in total. The molecule has 1 atom stereocenters. The van der Waals surface area contributed by atoms with Gasteiger partial charge in [0.2, 0.25) is 5.91 Å². The molecule has 0 saturated carbocycles. The smallest absolute Gasteiger partial charge is 0.272 e. The van der Waals surface area contributed by atoms with E-state index in [-0.39, 0.29) is 5.71 Å².